The molecule has 3 nitrogen and oxygen atoms in total. The third-order valence-corrected chi connectivity index (χ3v) is 1.11. The van der Waals surface area contributed by atoms with Crippen molar-refractivity contribution in [2.75, 3.05) is 6.61 Å². The van der Waals surface area contributed by atoms with E-state index in [1.165, 1.54) is 36.3 Å². The van der Waals surface area contributed by atoms with E-state index in [9.17, 15) is 0 Å². The van der Waals surface area contributed by atoms with Gasteiger partial charge in [0, 0.05) is 0 Å². The van der Waals surface area contributed by atoms with Gasteiger partial charge in [-0.3, -0.25) is 0 Å². The molecule has 0 saturated heterocycles. The van der Waals surface area contributed by atoms with Gasteiger partial charge in [-0.2, -0.15) is 0 Å². The minimum Gasteiger partial charge on any atom is -0.870 e. The van der Waals surface area contributed by atoms with Crippen molar-refractivity contribution in [3.05, 3.63) is 0 Å². The summed E-state index contributed by atoms with van der Waals surface area (Å²) in [6.07, 6.45) is 2.44. The summed E-state index contributed by atoms with van der Waals surface area (Å²) in [5.41, 5.74) is 0. The van der Waals surface area contributed by atoms with Gasteiger partial charge in [0.2, 0.25) is 0 Å². The first-order valence-electron chi connectivity index (χ1n) is 2.18. The minimum absolute atomic E-state index is 0. The van der Waals surface area contributed by atoms with Crippen LogP contribution in [0.2, 0.25) is 0 Å². The molecule has 0 heterocycles. The molecule has 0 aromatic rings. The van der Waals surface area contributed by atoms with Gasteiger partial charge in [-0.15, -0.1) is 0 Å². The van der Waals surface area contributed by atoms with E-state index >= 15 is 0 Å². The Hall–Kier alpha value is 0.698. The fraction of sp³-hybridized carbons (Fsp3) is 1.00. The Balaban J connectivity index is -0.000000125. The molecule has 8 heavy (non-hydrogen) atoms. The smallest absolute Gasteiger partial charge is 0.870 e. The molecular weight excluding hydrogens is 218 g/mol. The maximum atomic E-state index is 4.83. The van der Waals surface area contributed by atoms with Crippen LogP contribution in [0.3, 0.4) is 0 Å². The second-order valence-corrected chi connectivity index (χ2v) is 1.92. The monoisotopic (exact) mass is 228 g/mol. The molecule has 52 valence electrons. The van der Waals surface area contributed by atoms with Gasteiger partial charge in [-0.25, -0.2) is 0 Å². The van der Waals surface area contributed by atoms with Crippen LogP contribution in [0.25, 0.3) is 0 Å². The Morgan fingerprint density at radius 3 is 2.00 bits per heavy atom. The molecule has 0 aliphatic carbocycles. The van der Waals surface area contributed by atoms with Gasteiger partial charge >= 0.3 is 52.8 Å². The standard InChI is InChI=1S/C4H9O.2H2O.Sb/c1-2-3-4-5;;;/h2-4H2,1H3;2*1H2;/q-1;;;+1/p-2. The summed E-state index contributed by atoms with van der Waals surface area (Å²) >= 11 is 1.43. The number of rotatable bonds is 3. The van der Waals surface area contributed by atoms with Gasteiger partial charge in [0.1, 0.15) is 0 Å². The topological polar surface area (TPSA) is 69.2 Å². The molecule has 0 unspecified atom stereocenters. The van der Waals surface area contributed by atoms with Crippen LogP contribution < -0.4 is 0 Å². The van der Waals surface area contributed by atoms with Crippen LogP contribution in [0.5, 0.6) is 0 Å². The average Bonchev–Trinajstić information content (AvgIpc) is 1.61. The van der Waals surface area contributed by atoms with Crippen LogP contribution in [0.1, 0.15) is 19.8 Å². The number of hydrogen-bond acceptors (Lipinski definition) is 3. The van der Waals surface area contributed by atoms with E-state index in [0.29, 0.717) is 0 Å². The largest absolute Gasteiger partial charge is 0.870 e. The Labute approximate surface area is 64.1 Å². The first-order valence-corrected chi connectivity index (χ1v) is 3.22. The predicted molar refractivity (Wildman–Crippen MR) is 30.5 cm³/mol. The van der Waals surface area contributed by atoms with Crippen molar-refractivity contribution in [1.29, 1.82) is 0 Å². The number of unbranched alkanes of at least 4 members (excludes halogenated alkanes) is 1. The van der Waals surface area contributed by atoms with Crippen LogP contribution in [0.15, 0.2) is 0 Å². The summed E-state index contributed by atoms with van der Waals surface area (Å²) < 4.78 is 4.83. The third-order valence-electron chi connectivity index (χ3n) is 0.589. The fourth-order valence-electron chi connectivity index (χ4n) is 0.209. The molecule has 0 saturated carbocycles. The zero-order valence-electron chi connectivity index (χ0n) is 4.87. The van der Waals surface area contributed by atoms with E-state index in [-0.39, 0.29) is 11.0 Å². The van der Waals surface area contributed by atoms with Crippen LogP contribution in [0, 0.1) is 0 Å². The zero-order chi connectivity index (χ0) is 4.83. The SMILES string of the molecule is CCCC[O][Sb].[OH-].[OH-]. The Morgan fingerprint density at radius 2 is 1.88 bits per heavy atom. The molecule has 0 fully saturated rings. The van der Waals surface area contributed by atoms with Crippen LogP contribution in [-0.4, -0.2) is 41.0 Å². The van der Waals surface area contributed by atoms with Crippen LogP contribution in [-0.2, 0) is 3.02 Å². The molecule has 0 rings (SSSR count). The van der Waals surface area contributed by atoms with Crippen molar-refractivity contribution in [3.8, 4) is 0 Å². The van der Waals surface area contributed by atoms with Crippen molar-refractivity contribution in [3.63, 3.8) is 0 Å². The van der Waals surface area contributed by atoms with Crippen LogP contribution in [0.4, 0.5) is 0 Å². The predicted octanol–water partition coefficient (Wildman–Crippen LogP) is 0.533. The molecule has 0 aromatic carbocycles. The fourth-order valence-corrected chi connectivity index (χ4v) is 0.577. The quantitative estimate of drug-likeness (QED) is 0.523. The molecule has 2 radical (unpaired) electrons. The molecule has 0 spiro atoms. The average molecular weight is 229 g/mol. The molecule has 0 amide bonds. The Morgan fingerprint density at radius 1 is 1.38 bits per heavy atom. The molecule has 2 N–H and O–H groups in total. The molecular formula is C4H11O3Sb-2. The van der Waals surface area contributed by atoms with E-state index in [2.05, 4.69) is 6.92 Å². The van der Waals surface area contributed by atoms with Crippen molar-refractivity contribution >= 4 is 23.4 Å². The Bertz CT molecular complexity index is 23.2. The first-order chi connectivity index (χ1) is 2.91. The van der Waals surface area contributed by atoms with Crippen molar-refractivity contribution in [1.82, 2.24) is 0 Å². The van der Waals surface area contributed by atoms with E-state index < -0.39 is 0 Å². The van der Waals surface area contributed by atoms with Crippen molar-refractivity contribution in [2.24, 2.45) is 0 Å². The Kier molecular flexibility index (Phi) is 31.1. The van der Waals surface area contributed by atoms with Gasteiger partial charge in [-0.1, -0.05) is 0 Å². The molecule has 0 aromatic heterocycles. The summed E-state index contributed by atoms with van der Waals surface area (Å²) in [6, 6.07) is 0. The van der Waals surface area contributed by atoms with Crippen molar-refractivity contribution < 1.29 is 14.0 Å². The summed E-state index contributed by atoms with van der Waals surface area (Å²) in [6.45, 7) is 3.09. The molecule has 0 atom stereocenters. The molecule has 0 bridgehead atoms. The molecule has 0 aliphatic heterocycles. The maximum Gasteiger partial charge on any atom is -0.870 e. The van der Waals surface area contributed by atoms with E-state index in [4.69, 9.17) is 3.02 Å². The first kappa shape index (κ1) is 15.9. The van der Waals surface area contributed by atoms with Gasteiger partial charge in [-0.05, 0) is 0 Å². The van der Waals surface area contributed by atoms with E-state index in [0.717, 1.165) is 6.61 Å². The third kappa shape index (κ3) is 15.9. The second kappa shape index (κ2) is 15.6. The van der Waals surface area contributed by atoms with Crippen LogP contribution >= 0.6 is 0 Å². The summed E-state index contributed by atoms with van der Waals surface area (Å²) in [4.78, 5) is 0. The van der Waals surface area contributed by atoms with Gasteiger partial charge in [0.05, 0.1) is 0 Å². The maximum absolute atomic E-state index is 4.83. The molecule has 0 aliphatic rings. The zero-order valence-corrected chi connectivity index (χ0v) is 7.42. The van der Waals surface area contributed by atoms with Gasteiger partial charge in [0.15, 0.2) is 0 Å². The summed E-state index contributed by atoms with van der Waals surface area (Å²) in [7, 11) is 0. The molecule has 4 heteroatoms. The number of hydrogen-bond donors (Lipinski definition) is 0. The summed E-state index contributed by atoms with van der Waals surface area (Å²) in [5.74, 6) is 0. The van der Waals surface area contributed by atoms with Gasteiger partial charge in [0.25, 0.3) is 0 Å². The minimum atomic E-state index is 0. The van der Waals surface area contributed by atoms with E-state index in [1.54, 1.807) is 0 Å². The van der Waals surface area contributed by atoms with Gasteiger partial charge < -0.3 is 11.0 Å². The van der Waals surface area contributed by atoms with E-state index in [1.807, 2.05) is 0 Å². The van der Waals surface area contributed by atoms with Crippen molar-refractivity contribution in [2.45, 2.75) is 19.8 Å². The summed E-state index contributed by atoms with van der Waals surface area (Å²) in [5, 5.41) is 0. The normalized spacial score (nSPS) is 6.75. The second-order valence-electron chi connectivity index (χ2n) is 1.19.